The maximum absolute atomic E-state index is 3.55. The molecule has 0 atom stereocenters. The molecule has 0 unspecified atom stereocenters. The zero-order chi connectivity index (χ0) is 19.8. The quantitative estimate of drug-likeness (QED) is 0.174. The molecule has 0 aromatic rings. The molecule has 0 aliphatic rings. The van der Waals surface area contributed by atoms with Crippen LogP contribution >= 0.6 is 11.8 Å². The van der Waals surface area contributed by atoms with Crippen LogP contribution in [0.2, 0.25) is 0 Å². The molecule has 2 N–H and O–H groups in total. The number of hydrogen-bond donors (Lipinski definition) is 2. The van der Waals surface area contributed by atoms with Gasteiger partial charge in [0.25, 0.3) is 0 Å². The number of hydrogen-bond acceptors (Lipinski definition) is 1. The van der Waals surface area contributed by atoms with Crippen LogP contribution in [-0.4, -0.2) is 24.5 Å². The van der Waals surface area contributed by atoms with Crippen molar-refractivity contribution in [3.63, 3.8) is 0 Å². The van der Waals surface area contributed by atoms with Crippen molar-refractivity contribution in [3.8, 4) is 0 Å². The van der Waals surface area contributed by atoms with Crippen molar-refractivity contribution in [1.82, 2.24) is 5.32 Å². The molecule has 0 saturated carbocycles. The van der Waals surface area contributed by atoms with Crippen molar-refractivity contribution in [2.45, 2.75) is 129 Å². The molecule has 4 heteroatoms. The van der Waals surface area contributed by atoms with Crippen molar-refractivity contribution >= 4 is 16.9 Å². The molecule has 0 saturated heterocycles. The molecule has 0 aromatic carbocycles. The molecule has 0 aromatic heterocycles. The smallest absolute Gasteiger partial charge is 0.303 e. The van der Waals surface area contributed by atoms with Gasteiger partial charge in [-0.05, 0) is 37.3 Å². The average molecular weight is 435 g/mol. The third kappa shape index (κ3) is 24.1. The average Bonchev–Trinajstić information content (AvgIpc) is 2.69. The van der Waals surface area contributed by atoms with Gasteiger partial charge in [0.05, 0.1) is 13.1 Å². The highest BCUT2D eigenvalue weighted by atomic mass is 35.5. The predicted molar refractivity (Wildman–Crippen MR) is 127 cm³/mol. The van der Waals surface area contributed by atoms with Crippen LogP contribution in [0.15, 0.2) is 0 Å². The Bertz CT molecular complexity index is 311. The van der Waals surface area contributed by atoms with Gasteiger partial charge in [-0.2, -0.15) is 0 Å². The van der Waals surface area contributed by atoms with E-state index in [1.54, 1.807) is 11.8 Å². The van der Waals surface area contributed by atoms with Gasteiger partial charge in [-0.25, -0.2) is 0 Å². The summed E-state index contributed by atoms with van der Waals surface area (Å²) in [6, 6.07) is 0. The van der Waals surface area contributed by atoms with Crippen molar-refractivity contribution in [3.05, 3.63) is 0 Å². The Balaban J connectivity index is 0. The molecule has 0 rings (SSSR count). The second-order valence-corrected chi connectivity index (χ2v) is 8.86. The van der Waals surface area contributed by atoms with E-state index in [0.29, 0.717) is 0 Å². The van der Waals surface area contributed by atoms with Crippen LogP contribution in [0.4, 0.5) is 0 Å². The lowest BCUT2D eigenvalue weighted by molar-refractivity contribution is -0.456. The zero-order valence-electron chi connectivity index (χ0n) is 19.4. The van der Waals surface area contributed by atoms with E-state index in [-0.39, 0.29) is 12.4 Å². The SMILES string of the molecule is CCCCCCCCCCCCCCCCCC[NH+]=C(NCCCC)SC.[Cl-]. The van der Waals surface area contributed by atoms with Crippen LogP contribution in [-0.2, 0) is 0 Å². The normalized spacial score (nSPS) is 11.5. The van der Waals surface area contributed by atoms with E-state index in [9.17, 15) is 0 Å². The molecule has 28 heavy (non-hydrogen) atoms. The predicted octanol–water partition coefficient (Wildman–Crippen LogP) is 3.44. The Kier molecular flexibility index (Phi) is 29.3. The lowest BCUT2D eigenvalue weighted by atomic mass is 10.0. The number of thioether (sulfide) groups is 1. The van der Waals surface area contributed by atoms with Gasteiger partial charge < -0.3 is 12.4 Å². The second kappa shape index (κ2) is 27.1. The highest BCUT2D eigenvalue weighted by Gasteiger charge is 2.02. The highest BCUT2D eigenvalue weighted by molar-refractivity contribution is 8.12. The zero-order valence-corrected chi connectivity index (χ0v) is 21.0. The molecule has 170 valence electrons. The van der Waals surface area contributed by atoms with Crippen molar-refractivity contribution in [2.75, 3.05) is 19.3 Å². The third-order valence-electron chi connectivity index (χ3n) is 5.34. The monoisotopic (exact) mass is 434 g/mol. The van der Waals surface area contributed by atoms with Crippen molar-refractivity contribution in [1.29, 1.82) is 0 Å². The van der Waals surface area contributed by atoms with Crippen LogP contribution < -0.4 is 22.7 Å². The molecular weight excluding hydrogens is 384 g/mol. The fourth-order valence-corrected chi connectivity index (χ4v) is 3.95. The summed E-state index contributed by atoms with van der Waals surface area (Å²) in [5.41, 5.74) is 0. The van der Waals surface area contributed by atoms with Crippen molar-refractivity contribution < 1.29 is 17.4 Å². The summed E-state index contributed by atoms with van der Waals surface area (Å²) in [5, 5.41) is 4.75. The Morgan fingerprint density at radius 3 is 1.39 bits per heavy atom. The van der Waals surface area contributed by atoms with E-state index in [1.165, 1.54) is 121 Å². The van der Waals surface area contributed by atoms with E-state index in [0.717, 1.165) is 13.1 Å². The van der Waals surface area contributed by atoms with E-state index >= 15 is 0 Å². The fourth-order valence-electron chi connectivity index (χ4n) is 3.46. The summed E-state index contributed by atoms with van der Waals surface area (Å²) in [4.78, 5) is 3.55. The molecule has 0 aliphatic carbocycles. The molecule has 2 nitrogen and oxygen atoms in total. The first-order valence-electron chi connectivity index (χ1n) is 12.2. The van der Waals surface area contributed by atoms with Crippen LogP contribution in [0.3, 0.4) is 0 Å². The summed E-state index contributed by atoms with van der Waals surface area (Å²) in [7, 11) is 0. The first-order valence-corrected chi connectivity index (χ1v) is 13.5. The molecule has 0 fully saturated rings. The van der Waals surface area contributed by atoms with Gasteiger partial charge in [0.2, 0.25) is 0 Å². The van der Waals surface area contributed by atoms with Gasteiger partial charge in [-0.3, -0.25) is 10.3 Å². The van der Waals surface area contributed by atoms with Crippen molar-refractivity contribution in [2.24, 2.45) is 0 Å². The van der Waals surface area contributed by atoms with Crippen LogP contribution in [0.25, 0.3) is 0 Å². The van der Waals surface area contributed by atoms with E-state index < -0.39 is 0 Å². The van der Waals surface area contributed by atoms with Crippen LogP contribution in [0, 0.1) is 0 Å². The summed E-state index contributed by atoms with van der Waals surface area (Å²) < 4.78 is 0. The largest absolute Gasteiger partial charge is 1.00 e. The lowest BCUT2D eigenvalue weighted by Crippen LogP contribution is -3.00. The summed E-state index contributed by atoms with van der Waals surface area (Å²) in [5.74, 6) is 0. The number of unbranched alkanes of at least 4 members (excludes halogenated alkanes) is 16. The Morgan fingerprint density at radius 2 is 1.00 bits per heavy atom. The number of amidine groups is 1. The number of nitrogens with one attached hydrogen (secondary N) is 2. The minimum absolute atomic E-state index is 0. The van der Waals surface area contributed by atoms with E-state index in [2.05, 4.69) is 30.4 Å². The third-order valence-corrected chi connectivity index (χ3v) is 6.03. The minimum atomic E-state index is 0. The number of rotatable bonds is 20. The molecule has 0 aliphatic heterocycles. The van der Waals surface area contributed by atoms with Crippen LogP contribution in [0.5, 0.6) is 0 Å². The number of halogens is 1. The van der Waals surface area contributed by atoms with Gasteiger partial charge in [0.15, 0.2) is 0 Å². The fraction of sp³-hybridized carbons (Fsp3) is 0.958. The van der Waals surface area contributed by atoms with E-state index in [4.69, 9.17) is 0 Å². The second-order valence-electron chi connectivity index (χ2n) is 8.04. The van der Waals surface area contributed by atoms with Gasteiger partial charge in [-0.15, -0.1) is 0 Å². The first kappa shape index (κ1) is 30.3. The molecule has 0 spiro atoms. The summed E-state index contributed by atoms with van der Waals surface area (Å²) in [6.45, 7) is 6.75. The maximum Gasteiger partial charge on any atom is 0.303 e. The van der Waals surface area contributed by atoms with Gasteiger partial charge in [-0.1, -0.05) is 110 Å². The maximum atomic E-state index is 3.55. The van der Waals surface area contributed by atoms with Crippen LogP contribution in [0.1, 0.15) is 129 Å². The lowest BCUT2D eigenvalue weighted by Gasteiger charge is -2.03. The van der Waals surface area contributed by atoms with Gasteiger partial charge in [0.1, 0.15) is 0 Å². The summed E-state index contributed by atoms with van der Waals surface area (Å²) in [6.07, 6.45) is 27.7. The van der Waals surface area contributed by atoms with Gasteiger partial charge in [0, 0.05) is 0 Å². The Hall–Kier alpha value is 0.110. The molecular formula is C24H51ClN2S. The van der Waals surface area contributed by atoms with Gasteiger partial charge >= 0.3 is 5.17 Å². The first-order chi connectivity index (χ1) is 13.3. The molecule has 0 radical (unpaired) electrons. The Labute approximate surface area is 188 Å². The highest BCUT2D eigenvalue weighted by Crippen LogP contribution is 2.13. The topological polar surface area (TPSA) is 26.0 Å². The molecule has 0 amide bonds. The van der Waals surface area contributed by atoms with E-state index in [1.807, 2.05) is 0 Å². The molecule has 0 bridgehead atoms. The molecule has 0 heterocycles. The standard InChI is InChI=1S/C24H50N2S.ClH/c1-4-6-8-9-10-11-12-13-14-15-16-17-18-19-20-21-23-26-24(27-3)25-22-7-5-2;/h4-23H2,1-3H3,(H,25,26);1H. The minimum Gasteiger partial charge on any atom is -1.00 e. The Morgan fingerprint density at radius 1 is 0.607 bits per heavy atom. The summed E-state index contributed by atoms with van der Waals surface area (Å²) >= 11 is 1.80.